The third-order valence-corrected chi connectivity index (χ3v) is 10.6. The molecule has 246 valence electrons. The molecule has 52 heavy (non-hydrogen) atoms. The Bertz CT molecular complexity index is 2810. The summed E-state index contributed by atoms with van der Waals surface area (Å²) in [5.74, 6) is 0. The summed E-state index contributed by atoms with van der Waals surface area (Å²) in [4.78, 5) is 2.38. The Morgan fingerprint density at radius 2 is 1.02 bits per heavy atom. The lowest BCUT2D eigenvalue weighted by atomic mass is 9.98. The average molecular weight is 665 g/mol. The lowest BCUT2D eigenvalue weighted by Gasteiger charge is -2.28. The fraction of sp³-hybridized carbons (Fsp3) is 0.0400. The maximum atomic E-state index is 2.43. The highest BCUT2D eigenvalue weighted by molar-refractivity contribution is 6.18. The number of aromatic nitrogens is 1. The Labute approximate surface area is 303 Å². The lowest BCUT2D eigenvalue weighted by Crippen LogP contribution is -2.16. The molecule has 1 aromatic heterocycles. The van der Waals surface area contributed by atoms with Crippen LogP contribution >= 0.6 is 0 Å². The number of nitrogens with zero attached hydrogens (tertiary/aromatic N) is 2. The van der Waals surface area contributed by atoms with E-state index in [1.807, 2.05) is 0 Å². The van der Waals surface area contributed by atoms with Crippen LogP contribution in [0.15, 0.2) is 200 Å². The molecule has 0 atom stereocenters. The van der Waals surface area contributed by atoms with E-state index < -0.39 is 0 Å². The molecule has 0 saturated carbocycles. The van der Waals surface area contributed by atoms with Crippen molar-refractivity contribution in [3.05, 3.63) is 200 Å². The van der Waals surface area contributed by atoms with Gasteiger partial charge in [-0.3, -0.25) is 0 Å². The Hall–Kier alpha value is -6.64. The average Bonchev–Trinajstić information content (AvgIpc) is 3.57. The van der Waals surface area contributed by atoms with Crippen molar-refractivity contribution in [1.29, 1.82) is 0 Å². The zero-order valence-corrected chi connectivity index (χ0v) is 28.8. The molecule has 0 radical (unpaired) electrons. The van der Waals surface area contributed by atoms with E-state index in [9.17, 15) is 0 Å². The molecule has 0 spiro atoms. The van der Waals surface area contributed by atoms with E-state index in [0.29, 0.717) is 0 Å². The van der Waals surface area contributed by atoms with E-state index in [-0.39, 0.29) is 0 Å². The summed E-state index contributed by atoms with van der Waals surface area (Å²) >= 11 is 0. The van der Waals surface area contributed by atoms with Gasteiger partial charge in [-0.05, 0) is 99.8 Å². The second-order valence-corrected chi connectivity index (χ2v) is 13.6. The van der Waals surface area contributed by atoms with Crippen molar-refractivity contribution in [2.75, 3.05) is 4.90 Å². The highest BCUT2D eigenvalue weighted by atomic mass is 15.1. The maximum Gasteiger partial charge on any atom is 0.0619 e. The summed E-state index contributed by atoms with van der Waals surface area (Å²) in [6.07, 6.45) is 9.01. The summed E-state index contributed by atoms with van der Waals surface area (Å²) in [6, 6.07) is 64.2. The second kappa shape index (κ2) is 12.6. The molecule has 0 bridgehead atoms. The van der Waals surface area contributed by atoms with Crippen LogP contribution in [0.25, 0.3) is 71.3 Å². The Morgan fingerprint density at radius 3 is 1.73 bits per heavy atom. The topological polar surface area (TPSA) is 8.17 Å². The van der Waals surface area contributed by atoms with E-state index >= 15 is 0 Å². The molecule has 2 heteroatoms. The van der Waals surface area contributed by atoms with Crippen molar-refractivity contribution in [3.63, 3.8) is 0 Å². The smallest absolute Gasteiger partial charge is 0.0619 e. The van der Waals surface area contributed by atoms with Crippen LogP contribution in [0.1, 0.15) is 12.8 Å². The first-order valence-corrected chi connectivity index (χ1v) is 18.2. The third kappa shape index (κ3) is 5.11. The van der Waals surface area contributed by atoms with Gasteiger partial charge in [-0.25, -0.2) is 0 Å². The first-order valence-electron chi connectivity index (χ1n) is 18.2. The lowest BCUT2D eigenvalue weighted by molar-refractivity contribution is 0.997. The maximum absolute atomic E-state index is 2.43. The van der Waals surface area contributed by atoms with Gasteiger partial charge in [0.25, 0.3) is 0 Å². The Balaban J connectivity index is 0.993. The van der Waals surface area contributed by atoms with Crippen molar-refractivity contribution in [1.82, 2.24) is 4.57 Å². The van der Waals surface area contributed by atoms with Gasteiger partial charge in [0, 0.05) is 38.9 Å². The highest BCUT2D eigenvalue weighted by Crippen LogP contribution is 2.39. The van der Waals surface area contributed by atoms with Crippen LogP contribution < -0.4 is 4.90 Å². The van der Waals surface area contributed by atoms with Crippen molar-refractivity contribution in [2.45, 2.75) is 12.8 Å². The van der Waals surface area contributed by atoms with E-state index in [0.717, 1.165) is 29.9 Å². The molecule has 0 N–H and O–H groups in total. The number of rotatable bonds is 6. The molecule has 0 aliphatic heterocycles. The van der Waals surface area contributed by atoms with Crippen molar-refractivity contribution >= 4 is 54.7 Å². The Kier molecular flexibility index (Phi) is 7.32. The van der Waals surface area contributed by atoms with Crippen molar-refractivity contribution < 1.29 is 0 Å². The zero-order valence-electron chi connectivity index (χ0n) is 28.8. The Morgan fingerprint density at radius 1 is 0.423 bits per heavy atom. The summed E-state index contributed by atoms with van der Waals surface area (Å²) in [6.45, 7) is 0. The minimum atomic E-state index is 1.04. The molecule has 10 rings (SSSR count). The number of benzene rings is 8. The highest BCUT2D eigenvalue weighted by Gasteiger charge is 2.17. The van der Waals surface area contributed by atoms with Gasteiger partial charge >= 0.3 is 0 Å². The summed E-state index contributed by atoms with van der Waals surface area (Å²) in [5.41, 5.74) is 12.0. The predicted molar refractivity (Wildman–Crippen MR) is 222 cm³/mol. The molecule has 0 amide bonds. The standard InChI is InChI=1S/C50H36N2/c1-2-14-40(15-3-1)51(42-32-25-39(26-33-42)45-19-10-13-37-11-4-6-16-44(37)45)41-28-21-35(22-29-41)36-23-30-43(31-24-36)52-49-20-9-8-18-47(49)48-34-27-38-12-5-7-17-46(38)50(48)52/h2,4-34H,1,3H2. The first-order chi connectivity index (χ1) is 25.8. The molecule has 0 unspecified atom stereocenters. The number of allylic oxidation sites excluding steroid dienone is 3. The fourth-order valence-corrected chi connectivity index (χ4v) is 8.08. The van der Waals surface area contributed by atoms with Gasteiger partial charge in [-0.2, -0.15) is 0 Å². The molecule has 2 nitrogen and oxygen atoms in total. The molecule has 1 heterocycles. The van der Waals surface area contributed by atoms with Crippen LogP contribution in [0.2, 0.25) is 0 Å². The molecule has 1 aliphatic carbocycles. The van der Waals surface area contributed by atoms with E-state index in [1.54, 1.807) is 0 Å². The van der Waals surface area contributed by atoms with Crippen LogP contribution in [0.4, 0.5) is 11.4 Å². The SMILES string of the molecule is C1=CC(N(c2ccc(-c3ccc(-n4c5ccccc5c5ccc6ccccc6c54)cc3)cc2)c2ccc(-c3cccc4ccccc34)cc2)=CCC1. The molecule has 8 aromatic carbocycles. The molecule has 1 aliphatic rings. The van der Waals surface area contributed by atoms with Gasteiger partial charge < -0.3 is 9.47 Å². The van der Waals surface area contributed by atoms with E-state index in [4.69, 9.17) is 0 Å². The van der Waals surface area contributed by atoms with Crippen LogP contribution in [0, 0.1) is 0 Å². The third-order valence-electron chi connectivity index (χ3n) is 10.6. The molecule has 9 aromatic rings. The molecular formula is C50H36N2. The minimum Gasteiger partial charge on any atom is -0.311 e. The van der Waals surface area contributed by atoms with Crippen molar-refractivity contribution in [2.24, 2.45) is 0 Å². The largest absolute Gasteiger partial charge is 0.311 e. The monoisotopic (exact) mass is 664 g/mol. The zero-order chi connectivity index (χ0) is 34.4. The fourth-order valence-electron chi connectivity index (χ4n) is 8.08. The quantitative estimate of drug-likeness (QED) is 0.172. The van der Waals surface area contributed by atoms with Gasteiger partial charge in [0.2, 0.25) is 0 Å². The second-order valence-electron chi connectivity index (χ2n) is 13.6. The summed E-state index contributed by atoms with van der Waals surface area (Å²) in [7, 11) is 0. The summed E-state index contributed by atoms with van der Waals surface area (Å²) in [5, 5.41) is 7.62. The van der Waals surface area contributed by atoms with Gasteiger partial charge in [0.15, 0.2) is 0 Å². The van der Waals surface area contributed by atoms with E-state index in [2.05, 4.69) is 204 Å². The van der Waals surface area contributed by atoms with Gasteiger partial charge in [-0.15, -0.1) is 0 Å². The number of anilines is 2. The molecule has 0 saturated heterocycles. The van der Waals surface area contributed by atoms with Crippen LogP contribution in [0.5, 0.6) is 0 Å². The number of para-hydroxylation sites is 1. The van der Waals surface area contributed by atoms with Crippen LogP contribution in [0.3, 0.4) is 0 Å². The molecular weight excluding hydrogens is 629 g/mol. The number of hydrogen-bond acceptors (Lipinski definition) is 1. The van der Waals surface area contributed by atoms with Crippen LogP contribution in [-0.2, 0) is 0 Å². The van der Waals surface area contributed by atoms with Gasteiger partial charge in [0.1, 0.15) is 0 Å². The first kappa shape index (κ1) is 30.2. The van der Waals surface area contributed by atoms with Gasteiger partial charge in [0.05, 0.1) is 11.0 Å². The summed E-state index contributed by atoms with van der Waals surface area (Å²) < 4.78 is 2.43. The van der Waals surface area contributed by atoms with E-state index in [1.165, 1.54) is 71.3 Å². The normalized spacial score (nSPS) is 12.9. The number of fused-ring (bicyclic) bond motifs is 6. The minimum absolute atomic E-state index is 1.04. The number of hydrogen-bond donors (Lipinski definition) is 0. The predicted octanol–water partition coefficient (Wildman–Crippen LogP) is 13.8. The van der Waals surface area contributed by atoms with Crippen molar-refractivity contribution in [3.8, 4) is 27.9 Å². The van der Waals surface area contributed by atoms with Gasteiger partial charge in [-0.1, -0.05) is 146 Å². The van der Waals surface area contributed by atoms with Crippen LogP contribution in [-0.4, -0.2) is 4.57 Å². The molecule has 0 fully saturated rings.